The van der Waals surface area contributed by atoms with Gasteiger partial charge in [0.15, 0.2) is 5.96 Å². The van der Waals surface area contributed by atoms with Gasteiger partial charge in [0.1, 0.15) is 6.26 Å². The molecule has 0 aliphatic heterocycles. The lowest BCUT2D eigenvalue weighted by Crippen LogP contribution is -2.36. The molecule has 0 unspecified atom stereocenters. The highest BCUT2D eigenvalue weighted by Gasteiger charge is 2.08. The maximum atomic E-state index is 11.9. The van der Waals surface area contributed by atoms with Crippen LogP contribution >= 0.6 is 24.0 Å². The van der Waals surface area contributed by atoms with E-state index in [4.69, 9.17) is 10.2 Å². The Morgan fingerprint density at radius 1 is 1.00 bits per heavy atom. The highest BCUT2D eigenvalue weighted by Crippen LogP contribution is 2.19. The quantitative estimate of drug-likeness (QED) is 0.189. The van der Waals surface area contributed by atoms with E-state index in [0.29, 0.717) is 30.5 Å². The van der Waals surface area contributed by atoms with Crippen molar-refractivity contribution in [3.8, 4) is 11.5 Å². The number of hydrogen-bond donors (Lipinski definition) is 4. The molecule has 0 bridgehead atoms. The van der Waals surface area contributed by atoms with Crippen molar-refractivity contribution < 1.29 is 14.0 Å². The summed E-state index contributed by atoms with van der Waals surface area (Å²) in [5, 5.41) is 8.86. The minimum absolute atomic E-state index is 0. The molecule has 0 saturated heterocycles. The number of carbonyl (C=O) groups excluding carboxylic acids is 2. The Bertz CT molecular complexity index is 1090. The summed E-state index contributed by atoms with van der Waals surface area (Å²) in [6.45, 7) is 2.80. The van der Waals surface area contributed by atoms with Crippen LogP contribution in [-0.2, 0) is 17.9 Å². The van der Waals surface area contributed by atoms with E-state index in [2.05, 4.69) is 25.9 Å². The highest BCUT2D eigenvalue weighted by molar-refractivity contribution is 14.0. The maximum Gasteiger partial charge on any atom is 0.251 e. The van der Waals surface area contributed by atoms with E-state index in [1.165, 1.54) is 5.56 Å². The molecule has 1 heterocycles. The Hall–Kier alpha value is -3.41. The van der Waals surface area contributed by atoms with Gasteiger partial charge in [0, 0.05) is 24.7 Å². The first-order valence-corrected chi connectivity index (χ1v) is 10.1. The van der Waals surface area contributed by atoms with E-state index < -0.39 is 5.91 Å². The van der Waals surface area contributed by atoms with Crippen LogP contribution in [0.1, 0.15) is 27.2 Å². The summed E-state index contributed by atoms with van der Waals surface area (Å²) in [7, 11) is 1.68. The summed E-state index contributed by atoms with van der Waals surface area (Å²) in [5.41, 5.74) is 9.31. The van der Waals surface area contributed by atoms with Crippen molar-refractivity contribution >= 4 is 41.8 Å². The number of amides is 2. The van der Waals surface area contributed by atoms with Crippen molar-refractivity contribution in [3.05, 3.63) is 77.2 Å². The van der Waals surface area contributed by atoms with Crippen LogP contribution in [0.3, 0.4) is 0 Å². The number of benzene rings is 2. The van der Waals surface area contributed by atoms with E-state index in [-0.39, 0.29) is 36.4 Å². The van der Waals surface area contributed by atoms with Crippen LogP contribution in [0.4, 0.5) is 0 Å². The molecule has 0 saturated carbocycles. The Morgan fingerprint density at radius 3 is 2.30 bits per heavy atom. The average Bonchev–Trinajstić information content (AvgIpc) is 3.27. The molecule has 0 spiro atoms. The lowest BCUT2D eigenvalue weighted by atomic mass is 10.1. The van der Waals surface area contributed by atoms with Crippen LogP contribution in [0.15, 0.2) is 64.2 Å². The third-order valence-electron chi connectivity index (χ3n) is 4.61. The van der Waals surface area contributed by atoms with Gasteiger partial charge < -0.3 is 26.1 Å². The zero-order valence-electron chi connectivity index (χ0n) is 18.4. The Kier molecular flexibility index (Phi) is 9.85. The minimum atomic E-state index is -0.588. The number of aliphatic imine (C=N–C) groups is 1. The first kappa shape index (κ1) is 25.8. The fourth-order valence-electron chi connectivity index (χ4n) is 2.84. The molecule has 0 aliphatic rings. The number of nitrogens with two attached hydrogens (primary N) is 1. The molecule has 0 atom stereocenters. The molecule has 5 N–H and O–H groups in total. The summed E-state index contributed by atoms with van der Waals surface area (Å²) in [6.07, 6.45) is 1.62. The van der Waals surface area contributed by atoms with Gasteiger partial charge in [-0.15, -0.1) is 24.0 Å². The van der Waals surface area contributed by atoms with E-state index in [1.54, 1.807) is 25.4 Å². The molecule has 0 radical (unpaired) electrons. The maximum absolute atomic E-state index is 11.9. The summed E-state index contributed by atoms with van der Waals surface area (Å²) >= 11 is 0. The van der Waals surface area contributed by atoms with Gasteiger partial charge >= 0.3 is 0 Å². The summed E-state index contributed by atoms with van der Waals surface area (Å²) in [4.78, 5) is 31.4. The lowest BCUT2D eigenvalue weighted by molar-refractivity contribution is -0.117. The molecule has 3 aromatic rings. The second kappa shape index (κ2) is 12.6. The number of nitrogens with zero attached hydrogens (tertiary/aromatic N) is 2. The number of primary amides is 1. The average molecular weight is 562 g/mol. The number of aryl methyl sites for hydroxylation is 1. The number of guanidine groups is 1. The molecule has 10 heteroatoms. The Balaban J connectivity index is 0.00000385. The molecule has 1 aromatic heterocycles. The Morgan fingerprint density at radius 2 is 1.67 bits per heavy atom. The van der Waals surface area contributed by atoms with Crippen molar-refractivity contribution in [2.75, 3.05) is 13.6 Å². The van der Waals surface area contributed by atoms with Crippen LogP contribution in [0, 0.1) is 6.92 Å². The number of rotatable bonds is 8. The van der Waals surface area contributed by atoms with Crippen molar-refractivity contribution in [1.82, 2.24) is 20.9 Å². The lowest BCUT2D eigenvalue weighted by Gasteiger charge is -2.11. The molecule has 2 aromatic carbocycles. The highest BCUT2D eigenvalue weighted by atomic mass is 127. The van der Waals surface area contributed by atoms with Gasteiger partial charge in [-0.25, -0.2) is 4.98 Å². The summed E-state index contributed by atoms with van der Waals surface area (Å²) in [6, 6.07) is 15.0. The SMILES string of the molecule is CN=C(NCc1ccc(C(=O)NCC(N)=O)cc1)NCc1coc(-c2ccc(C)cc2)n1.I. The zero-order valence-corrected chi connectivity index (χ0v) is 20.8. The van der Waals surface area contributed by atoms with Gasteiger partial charge in [-0.05, 0) is 36.8 Å². The van der Waals surface area contributed by atoms with Gasteiger partial charge in [-0.1, -0.05) is 29.8 Å². The number of oxazole rings is 1. The van der Waals surface area contributed by atoms with Crippen molar-refractivity contribution in [3.63, 3.8) is 0 Å². The predicted octanol–water partition coefficient (Wildman–Crippen LogP) is 2.35. The second-order valence-corrected chi connectivity index (χ2v) is 7.14. The summed E-state index contributed by atoms with van der Waals surface area (Å²) < 4.78 is 5.58. The fraction of sp³-hybridized carbons (Fsp3) is 0.217. The third kappa shape index (κ3) is 7.90. The molecule has 2 amide bonds. The summed E-state index contributed by atoms with van der Waals surface area (Å²) in [5.74, 6) is 0.242. The van der Waals surface area contributed by atoms with E-state index in [9.17, 15) is 9.59 Å². The molecule has 0 aliphatic carbocycles. The van der Waals surface area contributed by atoms with Crippen molar-refractivity contribution in [2.45, 2.75) is 20.0 Å². The standard InChI is InChI=1S/C23H26N6O3.HI/c1-15-3-7-18(8-4-15)22-29-19(14-32-22)12-28-23(25-2)27-11-16-5-9-17(10-6-16)21(31)26-13-20(24)30;/h3-10,14H,11-13H2,1-2H3,(H2,24,30)(H,26,31)(H2,25,27,28);1H. The third-order valence-corrected chi connectivity index (χ3v) is 4.61. The van der Waals surface area contributed by atoms with Gasteiger partial charge in [0.05, 0.1) is 18.8 Å². The Labute approximate surface area is 209 Å². The van der Waals surface area contributed by atoms with E-state index in [1.807, 2.05) is 43.3 Å². The molecule has 3 rings (SSSR count). The van der Waals surface area contributed by atoms with Gasteiger partial charge in [0.25, 0.3) is 5.91 Å². The van der Waals surface area contributed by atoms with E-state index >= 15 is 0 Å². The molecular formula is C23H27IN6O3. The molecule has 33 heavy (non-hydrogen) atoms. The predicted molar refractivity (Wildman–Crippen MR) is 137 cm³/mol. The largest absolute Gasteiger partial charge is 0.444 e. The van der Waals surface area contributed by atoms with Gasteiger partial charge in [0.2, 0.25) is 11.8 Å². The number of carbonyl (C=O) groups is 2. The van der Waals surface area contributed by atoms with Crippen LogP contribution in [-0.4, -0.2) is 36.4 Å². The van der Waals surface area contributed by atoms with Crippen LogP contribution in [0.25, 0.3) is 11.5 Å². The van der Waals surface area contributed by atoms with Crippen LogP contribution in [0.2, 0.25) is 0 Å². The molecule has 174 valence electrons. The number of nitrogens with one attached hydrogen (secondary N) is 3. The smallest absolute Gasteiger partial charge is 0.251 e. The first-order chi connectivity index (χ1) is 15.4. The number of halogens is 1. The topological polar surface area (TPSA) is 135 Å². The molecular weight excluding hydrogens is 535 g/mol. The zero-order chi connectivity index (χ0) is 22.9. The first-order valence-electron chi connectivity index (χ1n) is 10.1. The van der Waals surface area contributed by atoms with Crippen molar-refractivity contribution in [1.29, 1.82) is 0 Å². The van der Waals surface area contributed by atoms with E-state index in [0.717, 1.165) is 16.8 Å². The normalized spacial score (nSPS) is 10.8. The van der Waals surface area contributed by atoms with Gasteiger partial charge in [-0.3, -0.25) is 14.6 Å². The second-order valence-electron chi connectivity index (χ2n) is 7.14. The minimum Gasteiger partial charge on any atom is -0.444 e. The number of aromatic nitrogens is 1. The monoisotopic (exact) mass is 562 g/mol. The van der Waals surface area contributed by atoms with Gasteiger partial charge in [-0.2, -0.15) is 0 Å². The fourth-order valence-corrected chi connectivity index (χ4v) is 2.84. The molecule has 0 fully saturated rings. The molecule has 9 nitrogen and oxygen atoms in total. The van der Waals surface area contributed by atoms with Crippen LogP contribution in [0.5, 0.6) is 0 Å². The number of hydrogen-bond acceptors (Lipinski definition) is 5. The van der Waals surface area contributed by atoms with Crippen molar-refractivity contribution in [2.24, 2.45) is 10.7 Å². The van der Waals surface area contributed by atoms with Crippen LogP contribution < -0.4 is 21.7 Å².